The summed E-state index contributed by atoms with van der Waals surface area (Å²) in [6.07, 6.45) is 7.07. The molecule has 0 spiro atoms. The van der Waals surface area contributed by atoms with Gasteiger partial charge in [0, 0.05) is 12.0 Å². The molecule has 0 amide bonds. The SMILES string of the molecule is CNC(C1C2CCCCC21)C1CC(C)(C)OC1(C)C. The van der Waals surface area contributed by atoms with Gasteiger partial charge in [-0.05, 0) is 71.8 Å². The van der Waals surface area contributed by atoms with Crippen molar-refractivity contribution in [3.05, 3.63) is 0 Å². The Morgan fingerprint density at radius 2 is 1.63 bits per heavy atom. The minimum atomic E-state index is 0.0168. The second-order valence-electron chi connectivity index (χ2n) is 8.28. The summed E-state index contributed by atoms with van der Waals surface area (Å²) < 4.78 is 6.32. The zero-order chi connectivity index (χ0) is 13.8. The van der Waals surface area contributed by atoms with E-state index in [0.717, 1.165) is 17.8 Å². The fourth-order valence-corrected chi connectivity index (χ4v) is 5.41. The average molecular weight is 265 g/mol. The highest BCUT2D eigenvalue weighted by Gasteiger charge is 2.59. The van der Waals surface area contributed by atoms with Crippen molar-refractivity contribution < 1.29 is 4.74 Å². The van der Waals surface area contributed by atoms with E-state index in [-0.39, 0.29) is 11.2 Å². The van der Waals surface area contributed by atoms with Crippen LogP contribution in [0.3, 0.4) is 0 Å². The molecule has 0 aromatic heterocycles. The van der Waals surface area contributed by atoms with Crippen molar-refractivity contribution >= 4 is 0 Å². The lowest BCUT2D eigenvalue weighted by Gasteiger charge is -2.33. The molecule has 0 aromatic rings. The Hall–Kier alpha value is -0.0800. The summed E-state index contributed by atoms with van der Waals surface area (Å²) in [7, 11) is 2.16. The largest absolute Gasteiger partial charge is 0.369 e. The summed E-state index contributed by atoms with van der Waals surface area (Å²) in [6.45, 7) is 9.09. The van der Waals surface area contributed by atoms with Crippen LogP contribution in [0.25, 0.3) is 0 Å². The summed E-state index contributed by atoms with van der Waals surface area (Å²) >= 11 is 0. The zero-order valence-corrected chi connectivity index (χ0v) is 13.3. The topological polar surface area (TPSA) is 21.3 Å². The molecule has 0 radical (unpaired) electrons. The number of rotatable bonds is 3. The van der Waals surface area contributed by atoms with Gasteiger partial charge in [-0.25, -0.2) is 0 Å². The van der Waals surface area contributed by atoms with Crippen LogP contribution in [-0.4, -0.2) is 24.3 Å². The quantitative estimate of drug-likeness (QED) is 0.842. The number of hydrogen-bond acceptors (Lipinski definition) is 2. The van der Waals surface area contributed by atoms with Gasteiger partial charge in [0.15, 0.2) is 0 Å². The van der Waals surface area contributed by atoms with E-state index < -0.39 is 0 Å². The molecule has 2 heteroatoms. The number of ether oxygens (including phenoxy) is 1. The molecular formula is C17H31NO. The monoisotopic (exact) mass is 265 g/mol. The second-order valence-corrected chi connectivity index (χ2v) is 8.28. The van der Waals surface area contributed by atoms with Crippen molar-refractivity contribution in [3.63, 3.8) is 0 Å². The average Bonchev–Trinajstić information content (AvgIpc) is 2.96. The van der Waals surface area contributed by atoms with Gasteiger partial charge < -0.3 is 10.1 Å². The number of hydrogen-bond donors (Lipinski definition) is 1. The standard InChI is InChI=1S/C17H31NO/c1-16(2)10-13(17(3,4)19-16)15(18-5)14-11-8-6-7-9-12(11)14/h11-15,18H,6-10H2,1-5H3. The van der Waals surface area contributed by atoms with Crippen LogP contribution in [0.4, 0.5) is 0 Å². The molecule has 1 heterocycles. The predicted octanol–water partition coefficient (Wildman–Crippen LogP) is 3.60. The third-order valence-electron chi connectivity index (χ3n) is 6.05. The van der Waals surface area contributed by atoms with Gasteiger partial charge in [-0.1, -0.05) is 12.8 Å². The van der Waals surface area contributed by atoms with Crippen molar-refractivity contribution in [2.75, 3.05) is 7.05 Å². The first kappa shape index (κ1) is 13.9. The molecule has 0 aromatic carbocycles. The van der Waals surface area contributed by atoms with Crippen molar-refractivity contribution in [2.24, 2.45) is 23.7 Å². The van der Waals surface area contributed by atoms with Gasteiger partial charge in [0.1, 0.15) is 0 Å². The molecule has 19 heavy (non-hydrogen) atoms. The summed E-state index contributed by atoms with van der Waals surface area (Å²) in [6, 6.07) is 0.657. The van der Waals surface area contributed by atoms with E-state index in [1.165, 1.54) is 32.1 Å². The predicted molar refractivity (Wildman–Crippen MR) is 79.1 cm³/mol. The van der Waals surface area contributed by atoms with Crippen molar-refractivity contribution in [1.29, 1.82) is 0 Å². The van der Waals surface area contributed by atoms with E-state index in [1.54, 1.807) is 0 Å². The Kier molecular flexibility index (Phi) is 3.26. The molecule has 4 unspecified atom stereocenters. The smallest absolute Gasteiger partial charge is 0.0677 e. The van der Waals surface area contributed by atoms with Crippen LogP contribution in [0, 0.1) is 23.7 Å². The molecule has 2 aliphatic carbocycles. The van der Waals surface area contributed by atoms with Gasteiger partial charge in [-0.15, -0.1) is 0 Å². The maximum atomic E-state index is 6.32. The van der Waals surface area contributed by atoms with Crippen LogP contribution in [0.5, 0.6) is 0 Å². The molecule has 1 N–H and O–H groups in total. The van der Waals surface area contributed by atoms with Crippen LogP contribution in [-0.2, 0) is 4.74 Å². The highest BCUT2D eigenvalue weighted by atomic mass is 16.5. The highest BCUT2D eigenvalue weighted by molar-refractivity contribution is 5.10. The van der Waals surface area contributed by atoms with Crippen molar-refractivity contribution in [2.45, 2.75) is 77.0 Å². The molecule has 1 aliphatic heterocycles. The molecule has 110 valence electrons. The lowest BCUT2D eigenvalue weighted by atomic mass is 9.79. The van der Waals surface area contributed by atoms with Gasteiger partial charge in [0.05, 0.1) is 11.2 Å². The van der Waals surface area contributed by atoms with Crippen LogP contribution >= 0.6 is 0 Å². The molecule has 3 rings (SSSR count). The van der Waals surface area contributed by atoms with E-state index in [1.807, 2.05) is 0 Å². The first-order valence-electron chi connectivity index (χ1n) is 8.23. The second kappa shape index (κ2) is 4.46. The molecule has 0 bridgehead atoms. The third kappa shape index (κ3) is 2.35. The number of fused-ring (bicyclic) bond motifs is 1. The third-order valence-corrected chi connectivity index (χ3v) is 6.05. The summed E-state index contributed by atoms with van der Waals surface area (Å²) in [5.41, 5.74) is 0.0618. The van der Waals surface area contributed by atoms with Crippen LogP contribution in [0.15, 0.2) is 0 Å². The summed E-state index contributed by atoms with van der Waals surface area (Å²) in [4.78, 5) is 0. The van der Waals surface area contributed by atoms with E-state index in [2.05, 4.69) is 40.1 Å². The van der Waals surface area contributed by atoms with E-state index in [9.17, 15) is 0 Å². The minimum Gasteiger partial charge on any atom is -0.369 e. The molecule has 2 nitrogen and oxygen atoms in total. The van der Waals surface area contributed by atoms with E-state index in [4.69, 9.17) is 4.74 Å². The molecule has 2 saturated carbocycles. The van der Waals surface area contributed by atoms with Gasteiger partial charge in [0.25, 0.3) is 0 Å². The maximum Gasteiger partial charge on any atom is 0.0677 e. The first-order valence-corrected chi connectivity index (χ1v) is 8.23. The summed E-state index contributed by atoms with van der Waals surface area (Å²) in [5.74, 6) is 3.62. The zero-order valence-electron chi connectivity index (χ0n) is 13.3. The van der Waals surface area contributed by atoms with Crippen LogP contribution < -0.4 is 5.32 Å². The van der Waals surface area contributed by atoms with Gasteiger partial charge in [-0.3, -0.25) is 0 Å². The summed E-state index contributed by atoms with van der Waals surface area (Å²) in [5, 5.41) is 3.68. The Balaban J connectivity index is 1.76. The number of nitrogens with one attached hydrogen (secondary N) is 1. The van der Waals surface area contributed by atoms with Crippen molar-refractivity contribution in [1.82, 2.24) is 5.32 Å². The van der Waals surface area contributed by atoms with Gasteiger partial charge in [-0.2, -0.15) is 0 Å². The Morgan fingerprint density at radius 1 is 1.05 bits per heavy atom. The fourth-order valence-electron chi connectivity index (χ4n) is 5.41. The molecule has 4 atom stereocenters. The van der Waals surface area contributed by atoms with Gasteiger partial charge >= 0.3 is 0 Å². The Bertz CT molecular complexity index is 337. The maximum absolute atomic E-state index is 6.32. The molecule has 3 fully saturated rings. The molecular weight excluding hydrogens is 234 g/mol. The van der Waals surface area contributed by atoms with Gasteiger partial charge in [0.2, 0.25) is 0 Å². The Morgan fingerprint density at radius 3 is 2.05 bits per heavy atom. The highest BCUT2D eigenvalue weighted by Crippen LogP contribution is 2.60. The van der Waals surface area contributed by atoms with Crippen LogP contribution in [0.1, 0.15) is 59.8 Å². The van der Waals surface area contributed by atoms with E-state index in [0.29, 0.717) is 12.0 Å². The normalized spacial score (nSPS) is 44.7. The lowest BCUT2D eigenvalue weighted by Crippen LogP contribution is -2.44. The minimum absolute atomic E-state index is 0.0168. The van der Waals surface area contributed by atoms with Crippen molar-refractivity contribution in [3.8, 4) is 0 Å². The van der Waals surface area contributed by atoms with Crippen LogP contribution in [0.2, 0.25) is 0 Å². The molecule has 3 aliphatic rings. The Labute approximate surface area is 118 Å². The fraction of sp³-hybridized carbons (Fsp3) is 1.00. The van der Waals surface area contributed by atoms with E-state index >= 15 is 0 Å². The first-order chi connectivity index (χ1) is 8.86. The molecule has 1 saturated heterocycles. The lowest BCUT2D eigenvalue weighted by molar-refractivity contribution is -0.0784.